The summed E-state index contributed by atoms with van der Waals surface area (Å²) in [5.41, 5.74) is -0.269. The lowest BCUT2D eigenvalue weighted by molar-refractivity contribution is 0.323. The number of benzene rings is 1. The normalized spacial score (nSPS) is 14.8. The van der Waals surface area contributed by atoms with Crippen molar-refractivity contribution in [2.75, 3.05) is 13.3 Å². The molecule has 132 valence electrons. The molecule has 10 nitrogen and oxygen atoms in total. The standard InChI is InChI=1S/C12H11N5O5S3/c1-17(24(2,18)19)15-11(7-13)9-4-3-5-10(6-9)12(8-14)16-22-25(20,21)23/h3-6H,1-2H3,(H,20,21,23). The topological polar surface area (TPSA) is 156 Å². The van der Waals surface area contributed by atoms with Crippen molar-refractivity contribution in [3.63, 3.8) is 0 Å². The number of sulfonamides is 1. The molecule has 0 saturated carbocycles. The maximum absolute atomic E-state index is 11.4. The highest BCUT2D eigenvalue weighted by atomic mass is 32.9. The fourth-order valence-corrected chi connectivity index (χ4v) is 1.89. The van der Waals surface area contributed by atoms with Crippen LogP contribution in [0.5, 0.6) is 0 Å². The highest BCUT2D eigenvalue weighted by Gasteiger charge is 2.13. The molecule has 25 heavy (non-hydrogen) atoms. The van der Waals surface area contributed by atoms with Crippen LogP contribution >= 0.6 is 0 Å². The zero-order valence-electron chi connectivity index (χ0n) is 12.9. The van der Waals surface area contributed by atoms with E-state index in [0.717, 1.165) is 13.3 Å². The predicted octanol–water partition coefficient (Wildman–Crippen LogP) is 0.184. The van der Waals surface area contributed by atoms with Crippen LogP contribution in [0.4, 0.5) is 0 Å². The maximum Gasteiger partial charge on any atom is 0.331 e. The zero-order chi connectivity index (χ0) is 19.3. The van der Waals surface area contributed by atoms with Gasteiger partial charge in [0.2, 0.25) is 10.0 Å². The van der Waals surface area contributed by atoms with E-state index in [2.05, 4.69) is 25.7 Å². The van der Waals surface area contributed by atoms with Crippen LogP contribution in [0.15, 0.2) is 34.5 Å². The summed E-state index contributed by atoms with van der Waals surface area (Å²) >= 11 is 4.09. The van der Waals surface area contributed by atoms with Crippen LogP contribution in [0.25, 0.3) is 0 Å². The molecule has 13 heteroatoms. The van der Waals surface area contributed by atoms with Crippen molar-refractivity contribution in [3.8, 4) is 12.1 Å². The molecule has 0 fully saturated rings. The van der Waals surface area contributed by atoms with Gasteiger partial charge in [-0.3, -0.25) is 8.84 Å². The second-order valence-electron chi connectivity index (χ2n) is 4.39. The van der Waals surface area contributed by atoms with Crippen molar-refractivity contribution in [1.82, 2.24) is 4.41 Å². The maximum atomic E-state index is 11.4. The summed E-state index contributed by atoms with van der Waals surface area (Å²) < 4.78 is 47.3. The van der Waals surface area contributed by atoms with E-state index in [9.17, 15) is 17.9 Å². The van der Waals surface area contributed by atoms with Crippen molar-refractivity contribution >= 4 is 41.7 Å². The first-order valence-electron chi connectivity index (χ1n) is 6.15. The number of hydrogen-bond acceptors (Lipinski definition) is 9. The summed E-state index contributed by atoms with van der Waals surface area (Å²) in [7, 11) is -6.54. The Morgan fingerprint density at radius 1 is 1.24 bits per heavy atom. The Hall–Kier alpha value is -2.58. The van der Waals surface area contributed by atoms with E-state index >= 15 is 0 Å². The van der Waals surface area contributed by atoms with Gasteiger partial charge in [0, 0.05) is 18.2 Å². The van der Waals surface area contributed by atoms with Gasteiger partial charge in [-0.1, -0.05) is 23.4 Å². The third-order valence-corrected chi connectivity index (χ3v) is 4.05. The average molecular weight is 401 g/mol. The second-order valence-corrected chi connectivity index (χ2v) is 8.66. The molecular weight excluding hydrogens is 390 g/mol. The Balaban J connectivity index is 3.35. The van der Waals surface area contributed by atoms with Crippen LogP contribution < -0.4 is 0 Å². The Kier molecular flexibility index (Phi) is 6.55. The molecule has 1 N–H and O–H groups in total. The lowest BCUT2D eigenvalue weighted by Gasteiger charge is -2.10. The molecule has 0 heterocycles. The van der Waals surface area contributed by atoms with E-state index in [1.165, 1.54) is 24.3 Å². The van der Waals surface area contributed by atoms with Crippen LogP contribution in [0.2, 0.25) is 0 Å². The van der Waals surface area contributed by atoms with Gasteiger partial charge in [0.25, 0.3) is 0 Å². The number of nitrogens with zero attached hydrogens (tertiary/aromatic N) is 5. The van der Waals surface area contributed by atoms with E-state index in [0.29, 0.717) is 4.41 Å². The summed E-state index contributed by atoms with van der Waals surface area (Å²) in [5, 5.41) is 25.1. The van der Waals surface area contributed by atoms with Crippen molar-refractivity contribution in [1.29, 1.82) is 10.5 Å². The highest BCUT2D eigenvalue weighted by Crippen LogP contribution is 2.10. The van der Waals surface area contributed by atoms with Crippen molar-refractivity contribution in [2.45, 2.75) is 0 Å². The van der Waals surface area contributed by atoms with Crippen molar-refractivity contribution in [3.05, 3.63) is 35.4 Å². The monoisotopic (exact) mass is 401 g/mol. The van der Waals surface area contributed by atoms with Crippen LogP contribution in [-0.2, 0) is 34.5 Å². The van der Waals surface area contributed by atoms with E-state index in [-0.39, 0.29) is 22.6 Å². The van der Waals surface area contributed by atoms with Gasteiger partial charge >= 0.3 is 9.05 Å². The summed E-state index contributed by atoms with van der Waals surface area (Å²) in [6.07, 6.45) is 0.918. The smallest absolute Gasteiger partial charge is 0.275 e. The number of oxime groups is 1. The molecule has 0 amide bonds. The Morgan fingerprint density at radius 2 is 1.76 bits per heavy atom. The number of hydrazone groups is 1. The molecule has 1 atom stereocenters. The average Bonchev–Trinajstić information content (AvgIpc) is 2.51. The van der Waals surface area contributed by atoms with Gasteiger partial charge < -0.3 is 0 Å². The van der Waals surface area contributed by atoms with Crippen molar-refractivity contribution < 1.29 is 21.5 Å². The summed E-state index contributed by atoms with van der Waals surface area (Å²) in [5.74, 6) is 0. The summed E-state index contributed by atoms with van der Waals surface area (Å²) in [6, 6.07) is 9.05. The van der Waals surface area contributed by atoms with Gasteiger partial charge in [0.1, 0.15) is 12.1 Å². The SMILES string of the molecule is CN(N=C(C#N)c1cccc(C(C#N)=NOS(=O)(O)=S)c1)S(C)(=O)=O. The molecule has 0 aromatic heterocycles. The molecule has 0 bridgehead atoms. The van der Waals surface area contributed by atoms with Gasteiger partial charge in [-0.25, -0.2) is 8.42 Å². The molecule has 0 saturated heterocycles. The summed E-state index contributed by atoms with van der Waals surface area (Å²) in [4.78, 5) is 0. The first kappa shape index (κ1) is 20.5. The molecule has 1 rings (SSSR count). The van der Waals surface area contributed by atoms with E-state index in [1.807, 2.05) is 0 Å². The number of rotatable bonds is 6. The lowest BCUT2D eigenvalue weighted by atomic mass is 10.0. The molecule has 1 unspecified atom stereocenters. The minimum Gasteiger partial charge on any atom is -0.275 e. The molecular formula is C12H11N5O5S3. The molecule has 1 aromatic carbocycles. The van der Waals surface area contributed by atoms with E-state index in [4.69, 9.17) is 9.81 Å². The number of nitriles is 2. The first-order valence-corrected chi connectivity index (χ1v) is 10.4. The van der Waals surface area contributed by atoms with Gasteiger partial charge in [-0.05, 0) is 6.07 Å². The lowest BCUT2D eigenvalue weighted by Crippen LogP contribution is -2.21. The zero-order valence-corrected chi connectivity index (χ0v) is 15.3. The fourth-order valence-electron chi connectivity index (χ4n) is 1.40. The summed E-state index contributed by atoms with van der Waals surface area (Å²) in [6.45, 7) is 0. The Labute approximate surface area is 149 Å². The molecule has 0 radical (unpaired) electrons. The van der Waals surface area contributed by atoms with E-state index in [1.54, 1.807) is 12.1 Å². The van der Waals surface area contributed by atoms with Crippen LogP contribution in [0.1, 0.15) is 11.1 Å². The molecule has 0 spiro atoms. The van der Waals surface area contributed by atoms with Crippen molar-refractivity contribution in [2.24, 2.45) is 10.3 Å². The molecule has 0 aliphatic carbocycles. The predicted molar refractivity (Wildman–Crippen MR) is 92.6 cm³/mol. The van der Waals surface area contributed by atoms with Crippen LogP contribution in [0.3, 0.4) is 0 Å². The fraction of sp³-hybridized carbons (Fsp3) is 0.167. The molecule has 0 aliphatic rings. The third-order valence-electron chi connectivity index (χ3n) is 2.56. The van der Waals surface area contributed by atoms with E-state index < -0.39 is 19.1 Å². The Bertz CT molecular complexity index is 1020. The largest absolute Gasteiger partial charge is 0.331 e. The van der Waals surface area contributed by atoms with Gasteiger partial charge in [0.05, 0.1) is 17.4 Å². The van der Waals surface area contributed by atoms with Crippen LogP contribution in [0, 0.1) is 22.7 Å². The Morgan fingerprint density at radius 3 is 2.20 bits per heavy atom. The van der Waals surface area contributed by atoms with Gasteiger partial charge in [-0.15, -0.1) is 0 Å². The highest BCUT2D eigenvalue weighted by molar-refractivity contribution is 8.27. The van der Waals surface area contributed by atoms with Gasteiger partial charge in [0.15, 0.2) is 11.4 Å². The number of hydrogen-bond donors (Lipinski definition) is 1. The quantitative estimate of drug-likeness (QED) is 0.522. The minimum absolute atomic E-state index is 0.142. The van der Waals surface area contributed by atoms with Crippen LogP contribution in [-0.4, -0.2) is 46.3 Å². The van der Waals surface area contributed by atoms with Gasteiger partial charge in [-0.2, -0.15) is 24.2 Å². The minimum atomic E-state index is -4.06. The first-order chi connectivity index (χ1) is 11.5. The molecule has 1 aromatic rings. The molecule has 0 aliphatic heterocycles. The third kappa shape index (κ3) is 6.44. The second kappa shape index (κ2) is 8.00.